The van der Waals surface area contributed by atoms with Crippen LogP contribution in [-0.4, -0.2) is 0 Å². The van der Waals surface area contributed by atoms with Crippen LogP contribution in [0.15, 0.2) is 11.6 Å². The topological polar surface area (TPSA) is 0 Å². The molecule has 0 unspecified atom stereocenters. The summed E-state index contributed by atoms with van der Waals surface area (Å²) in [6.45, 7) is 2.14. The number of rotatable bonds is 1. The van der Waals surface area contributed by atoms with Crippen molar-refractivity contribution in [1.29, 1.82) is 0 Å². The third kappa shape index (κ3) is 2.21. The zero-order chi connectivity index (χ0) is 6.53. The van der Waals surface area contributed by atoms with Gasteiger partial charge in [0.15, 0.2) is 0 Å². The Morgan fingerprint density at radius 3 is 3.00 bits per heavy atom. The van der Waals surface area contributed by atoms with Gasteiger partial charge in [-0.1, -0.05) is 25.0 Å². The molecule has 0 atom stereocenters. The Morgan fingerprint density at radius 2 is 2.22 bits per heavy atom. The lowest BCUT2D eigenvalue weighted by Crippen LogP contribution is -1.78. The third-order valence-corrected chi connectivity index (χ3v) is 1.95. The summed E-state index contributed by atoms with van der Waals surface area (Å²) >= 11 is 0. The SMILES string of the molecule is C[CH]C1=CCCCCC1. The zero-order valence-electron chi connectivity index (χ0n) is 6.19. The summed E-state index contributed by atoms with van der Waals surface area (Å²) in [6, 6.07) is 0. The molecule has 0 saturated carbocycles. The highest BCUT2D eigenvalue weighted by Gasteiger charge is 1.98. The third-order valence-electron chi connectivity index (χ3n) is 1.95. The molecule has 0 N–H and O–H groups in total. The van der Waals surface area contributed by atoms with Crippen molar-refractivity contribution in [1.82, 2.24) is 0 Å². The molecule has 1 radical (unpaired) electrons. The molecule has 0 heterocycles. The van der Waals surface area contributed by atoms with E-state index in [-0.39, 0.29) is 0 Å². The molecule has 51 valence electrons. The van der Waals surface area contributed by atoms with Crippen molar-refractivity contribution in [3.63, 3.8) is 0 Å². The average Bonchev–Trinajstić information content (AvgIpc) is 2.13. The molecule has 1 aliphatic rings. The van der Waals surface area contributed by atoms with E-state index in [1.165, 1.54) is 32.1 Å². The molecule has 1 aliphatic carbocycles. The first-order chi connectivity index (χ1) is 4.43. The van der Waals surface area contributed by atoms with Crippen LogP contribution in [0.3, 0.4) is 0 Å². The largest absolute Gasteiger partial charge is 0.0850 e. The number of allylic oxidation sites excluding steroid dienone is 2. The molecule has 0 heteroatoms. The molecule has 0 aromatic heterocycles. The monoisotopic (exact) mass is 123 g/mol. The van der Waals surface area contributed by atoms with Crippen LogP contribution < -0.4 is 0 Å². The summed E-state index contributed by atoms with van der Waals surface area (Å²) in [5, 5.41) is 0. The van der Waals surface area contributed by atoms with Crippen LogP contribution in [0, 0.1) is 6.42 Å². The smallest absolute Gasteiger partial charge is 0.0169 e. The van der Waals surface area contributed by atoms with Gasteiger partial charge < -0.3 is 0 Å². The van der Waals surface area contributed by atoms with Crippen molar-refractivity contribution in [2.75, 3.05) is 0 Å². The van der Waals surface area contributed by atoms with E-state index in [1.807, 2.05) is 0 Å². The summed E-state index contributed by atoms with van der Waals surface area (Å²) in [4.78, 5) is 0. The molecular weight excluding hydrogens is 108 g/mol. The fourth-order valence-corrected chi connectivity index (χ4v) is 1.30. The van der Waals surface area contributed by atoms with Crippen molar-refractivity contribution in [2.45, 2.75) is 39.0 Å². The van der Waals surface area contributed by atoms with E-state index in [1.54, 1.807) is 5.57 Å². The van der Waals surface area contributed by atoms with Crippen LogP contribution in [0.4, 0.5) is 0 Å². The van der Waals surface area contributed by atoms with Gasteiger partial charge in [-0.15, -0.1) is 0 Å². The summed E-state index contributed by atoms with van der Waals surface area (Å²) in [7, 11) is 0. The minimum absolute atomic E-state index is 1.31. The van der Waals surface area contributed by atoms with Crippen LogP contribution in [0.2, 0.25) is 0 Å². The molecule has 1 rings (SSSR count). The second kappa shape index (κ2) is 3.71. The minimum Gasteiger partial charge on any atom is -0.0850 e. The van der Waals surface area contributed by atoms with Crippen molar-refractivity contribution in [3.8, 4) is 0 Å². The van der Waals surface area contributed by atoms with Gasteiger partial charge in [-0.3, -0.25) is 0 Å². The molecule has 0 aromatic rings. The van der Waals surface area contributed by atoms with E-state index in [4.69, 9.17) is 0 Å². The Balaban J connectivity index is 2.37. The average molecular weight is 123 g/mol. The Hall–Kier alpha value is -0.260. The number of hydrogen-bond acceptors (Lipinski definition) is 0. The van der Waals surface area contributed by atoms with Gasteiger partial charge in [-0.25, -0.2) is 0 Å². The van der Waals surface area contributed by atoms with Gasteiger partial charge in [0.2, 0.25) is 0 Å². The van der Waals surface area contributed by atoms with E-state index in [9.17, 15) is 0 Å². The quantitative estimate of drug-likeness (QED) is 0.502. The zero-order valence-corrected chi connectivity index (χ0v) is 6.19. The molecular formula is C9H15. The Morgan fingerprint density at radius 1 is 1.33 bits per heavy atom. The van der Waals surface area contributed by atoms with Crippen molar-refractivity contribution in [2.24, 2.45) is 0 Å². The summed E-state index contributed by atoms with van der Waals surface area (Å²) in [6.07, 6.45) is 11.5. The highest BCUT2D eigenvalue weighted by molar-refractivity contribution is 5.12. The van der Waals surface area contributed by atoms with Gasteiger partial charge in [0.05, 0.1) is 0 Å². The van der Waals surface area contributed by atoms with Crippen LogP contribution >= 0.6 is 0 Å². The molecule has 0 fully saturated rings. The first-order valence-electron chi connectivity index (χ1n) is 3.92. The summed E-state index contributed by atoms with van der Waals surface area (Å²) < 4.78 is 0. The summed E-state index contributed by atoms with van der Waals surface area (Å²) in [5.74, 6) is 0. The van der Waals surface area contributed by atoms with Crippen LogP contribution in [0.25, 0.3) is 0 Å². The maximum atomic E-state index is 2.38. The van der Waals surface area contributed by atoms with Gasteiger partial charge in [0.1, 0.15) is 0 Å². The first kappa shape index (κ1) is 6.85. The minimum atomic E-state index is 1.31. The fraction of sp³-hybridized carbons (Fsp3) is 0.667. The second-order valence-corrected chi connectivity index (χ2v) is 2.67. The lowest BCUT2D eigenvalue weighted by molar-refractivity contribution is 0.712. The molecule has 0 bridgehead atoms. The lowest BCUT2D eigenvalue weighted by Gasteiger charge is -1.96. The van der Waals surface area contributed by atoms with Gasteiger partial charge >= 0.3 is 0 Å². The molecule has 0 aliphatic heterocycles. The van der Waals surface area contributed by atoms with E-state index in [0.717, 1.165) is 0 Å². The molecule has 0 amide bonds. The Bertz CT molecular complexity index is 101. The normalized spacial score (nSPS) is 20.8. The number of hydrogen-bond donors (Lipinski definition) is 0. The van der Waals surface area contributed by atoms with E-state index in [2.05, 4.69) is 19.4 Å². The molecule has 9 heavy (non-hydrogen) atoms. The standard InChI is InChI=1S/C9H15/c1-2-9-7-5-3-4-6-8-9/h2,7H,3-6,8H2,1H3. The molecule has 0 saturated heterocycles. The molecule has 0 spiro atoms. The van der Waals surface area contributed by atoms with E-state index < -0.39 is 0 Å². The van der Waals surface area contributed by atoms with Crippen LogP contribution in [0.1, 0.15) is 39.0 Å². The van der Waals surface area contributed by atoms with E-state index >= 15 is 0 Å². The second-order valence-electron chi connectivity index (χ2n) is 2.67. The maximum absolute atomic E-state index is 2.38. The predicted molar refractivity (Wildman–Crippen MR) is 41.1 cm³/mol. The van der Waals surface area contributed by atoms with Gasteiger partial charge in [-0.05, 0) is 32.1 Å². The highest BCUT2D eigenvalue weighted by atomic mass is 14.0. The fourth-order valence-electron chi connectivity index (χ4n) is 1.30. The van der Waals surface area contributed by atoms with Crippen LogP contribution in [-0.2, 0) is 0 Å². The Labute approximate surface area is 58.0 Å². The van der Waals surface area contributed by atoms with Crippen molar-refractivity contribution < 1.29 is 0 Å². The van der Waals surface area contributed by atoms with Gasteiger partial charge in [0, 0.05) is 0 Å². The predicted octanol–water partition coefficient (Wildman–Crippen LogP) is 3.10. The van der Waals surface area contributed by atoms with Gasteiger partial charge in [-0.2, -0.15) is 0 Å². The lowest BCUT2D eigenvalue weighted by atomic mass is 10.1. The van der Waals surface area contributed by atoms with Crippen molar-refractivity contribution in [3.05, 3.63) is 18.1 Å². The van der Waals surface area contributed by atoms with Gasteiger partial charge in [0.25, 0.3) is 0 Å². The summed E-state index contributed by atoms with van der Waals surface area (Å²) in [5.41, 5.74) is 1.56. The Kier molecular flexibility index (Phi) is 2.82. The highest BCUT2D eigenvalue weighted by Crippen LogP contribution is 2.18. The maximum Gasteiger partial charge on any atom is -0.0169 e. The molecule has 0 nitrogen and oxygen atoms in total. The van der Waals surface area contributed by atoms with E-state index in [0.29, 0.717) is 0 Å². The first-order valence-corrected chi connectivity index (χ1v) is 3.92. The van der Waals surface area contributed by atoms with Crippen molar-refractivity contribution >= 4 is 0 Å². The van der Waals surface area contributed by atoms with Crippen LogP contribution in [0.5, 0.6) is 0 Å². The molecule has 0 aromatic carbocycles.